The van der Waals surface area contributed by atoms with Crippen molar-refractivity contribution in [3.8, 4) is 5.75 Å². The predicted molar refractivity (Wildman–Crippen MR) is 79.4 cm³/mol. The van der Waals surface area contributed by atoms with Gasteiger partial charge in [0.05, 0.1) is 11.5 Å². The molecule has 1 aliphatic heterocycles. The van der Waals surface area contributed by atoms with Crippen molar-refractivity contribution in [2.24, 2.45) is 0 Å². The van der Waals surface area contributed by atoms with E-state index >= 15 is 0 Å². The smallest absolute Gasteiger partial charge is 0.243 e. The quantitative estimate of drug-likeness (QED) is 0.858. The van der Waals surface area contributed by atoms with E-state index in [2.05, 4.69) is 0 Å². The van der Waals surface area contributed by atoms with Crippen LogP contribution in [-0.2, 0) is 10.0 Å². The van der Waals surface area contributed by atoms with Gasteiger partial charge < -0.3 is 4.74 Å². The fourth-order valence-corrected chi connectivity index (χ4v) is 4.75. The average molecular weight is 297 g/mol. The topological polar surface area (TPSA) is 46.6 Å². The third-order valence-electron chi connectivity index (χ3n) is 3.82. The molecule has 1 heterocycles. The van der Waals surface area contributed by atoms with Gasteiger partial charge in [0, 0.05) is 12.1 Å². The van der Waals surface area contributed by atoms with Gasteiger partial charge in [-0.25, -0.2) is 8.42 Å². The summed E-state index contributed by atoms with van der Waals surface area (Å²) >= 11 is 0. The Bertz CT molecular complexity index is 529. The van der Waals surface area contributed by atoms with E-state index in [-0.39, 0.29) is 12.1 Å². The lowest BCUT2D eigenvalue weighted by Crippen LogP contribution is -2.47. The number of rotatable bonds is 4. The molecule has 20 heavy (non-hydrogen) atoms. The summed E-state index contributed by atoms with van der Waals surface area (Å²) in [4.78, 5) is 0.349. The van der Waals surface area contributed by atoms with Crippen LogP contribution in [0.2, 0.25) is 0 Å². The lowest BCUT2D eigenvalue weighted by atomic mass is 10.0. The second kappa shape index (κ2) is 6.14. The Morgan fingerprint density at radius 3 is 2.20 bits per heavy atom. The van der Waals surface area contributed by atoms with Crippen LogP contribution >= 0.6 is 0 Å². The van der Waals surface area contributed by atoms with Gasteiger partial charge in [0.15, 0.2) is 0 Å². The van der Waals surface area contributed by atoms with Crippen molar-refractivity contribution >= 4 is 10.0 Å². The molecule has 0 aliphatic carbocycles. The molecular formula is C15H23NO3S. The van der Waals surface area contributed by atoms with Gasteiger partial charge in [0.2, 0.25) is 10.0 Å². The van der Waals surface area contributed by atoms with E-state index in [4.69, 9.17) is 4.74 Å². The molecule has 2 atom stereocenters. The van der Waals surface area contributed by atoms with E-state index in [1.165, 1.54) is 0 Å². The summed E-state index contributed by atoms with van der Waals surface area (Å²) in [6, 6.07) is 6.83. The minimum atomic E-state index is -3.41. The maximum Gasteiger partial charge on any atom is 0.243 e. The SMILES string of the molecule is CCOc1ccc(S(=O)(=O)N2[C@@H](C)CCC[C@@H]2C)cc1. The Balaban J connectivity index is 2.29. The predicted octanol–water partition coefficient (Wildman–Crippen LogP) is 3.04. The number of sulfonamides is 1. The Morgan fingerprint density at radius 1 is 1.15 bits per heavy atom. The first-order valence-corrected chi connectivity index (χ1v) is 8.67. The second-order valence-corrected chi connectivity index (χ2v) is 7.21. The van der Waals surface area contributed by atoms with Crippen LogP contribution in [-0.4, -0.2) is 31.4 Å². The molecule has 5 heteroatoms. The molecule has 0 bridgehead atoms. The van der Waals surface area contributed by atoms with Gasteiger partial charge in [-0.1, -0.05) is 6.42 Å². The second-order valence-electron chi connectivity index (χ2n) is 5.37. The fourth-order valence-electron chi connectivity index (χ4n) is 2.87. The maximum absolute atomic E-state index is 12.8. The van der Waals surface area contributed by atoms with Crippen LogP contribution in [0.1, 0.15) is 40.0 Å². The first-order valence-electron chi connectivity index (χ1n) is 7.23. The Labute approximate surface area is 121 Å². The summed E-state index contributed by atoms with van der Waals surface area (Å²) in [5.41, 5.74) is 0. The molecule has 0 radical (unpaired) electrons. The highest BCUT2D eigenvalue weighted by atomic mass is 32.2. The third-order valence-corrected chi connectivity index (χ3v) is 5.97. The third kappa shape index (κ3) is 2.99. The number of benzene rings is 1. The summed E-state index contributed by atoms with van der Waals surface area (Å²) < 4.78 is 32.5. The number of hydrogen-bond acceptors (Lipinski definition) is 3. The summed E-state index contributed by atoms with van der Waals surface area (Å²) in [6.07, 6.45) is 2.96. The van der Waals surface area contributed by atoms with Crippen LogP contribution in [0.25, 0.3) is 0 Å². The van der Waals surface area contributed by atoms with Crippen molar-refractivity contribution in [1.82, 2.24) is 4.31 Å². The van der Waals surface area contributed by atoms with Gasteiger partial charge in [-0.3, -0.25) is 0 Å². The van der Waals surface area contributed by atoms with E-state index in [0.717, 1.165) is 19.3 Å². The zero-order valence-electron chi connectivity index (χ0n) is 12.4. The molecular weight excluding hydrogens is 274 g/mol. The van der Waals surface area contributed by atoms with E-state index < -0.39 is 10.0 Å². The lowest BCUT2D eigenvalue weighted by Gasteiger charge is -2.37. The molecule has 1 saturated heterocycles. The highest BCUT2D eigenvalue weighted by molar-refractivity contribution is 7.89. The largest absolute Gasteiger partial charge is 0.494 e. The summed E-state index contributed by atoms with van der Waals surface area (Å²) in [7, 11) is -3.41. The number of hydrogen-bond donors (Lipinski definition) is 0. The van der Waals surface area contributed by atoms with Crippen molar-refractivity contribution < 1.29 is 13.2 Å². The molecule has 1 aromatic carbocycles. The molecule has 0 amide bonds. The molecule has 0 aromatic heterocycles. The maximum atomic E-state index is 12.8. The first kappa shape index (κ1) is 15.3. The number of nitrogens with zero attached hydrogens (tertiary/aromatic N) is 1. The Kier molecular flexibility index (Phi) is 4.70. The summed E-state index contributed by atoms with van der Waals surface area (Å²) in [5.74, 6) is 0.700. The van der Waals surface area contributed by atoms with Crippen LogP contribution in [0, 0.1) is 0 Å². The van der Waals surface area contributed by atoms with Gasteiger partial charge in [-0.2, -0.15) is 4.31 Å². The summed E-state index contributed by atoms with van der Waals surface area (Å²) in [5, 5.41) is 0. The number of ether oxygens (including phenoxy) is 1. The molecule has 0 saturated carbocycles. The van der Waals surface area contributed by atoms with E-state index in [0.29, 0.717) is 17.3 Å². The number of piperidine rings is 1. The average Bonchev–Trinajstić information content (AvgIpc) is 2.39. The molecule has 1 fully saturated rings. The molecule has 4 nitrogen and oxygen atoms in total. The van der Waals surface area contributed by atoms with Gasteiger partial charge in [0.1, 0.15) is 5.75 Å². The molecule has 2 rings (SSSR count). The van der Waals surface area contributed by atoms with E-state index in [9.17, 15) is 8.42 Å². The zero-order valence-corrected chi connectivity index (χ0v) is 13.2. The molecule has 0 unspecified atom stereocenters. The van der Waals surface area contributed by atoms with Gasteiger partial charge >= 0.3 is 0 Å². The van der Waals surface area contributed by atoms with Crippen LogP contribution < -0.4 is 4.74 Å². The van der Waals surface area contributed by atoms with Crippen LogP contribution in [0.15, 0.2) is 29.2 Å². The molecule has 0 N–H and O–H groups in total. The van der Waals surface area contributed by atoms with Crippen molar-refractivity contribution in [1.29, 1.82) is 0 Å². The van der Waals surface area contributed by atoms with Crippen molar-refractivity contribution in [2.45, 2.75) is 57.0 Å². The van der Waals surface area contributed by atoms with E-state index in [1.807, 2.05) is 20.8 Å². The van der Waals surface area contributed by atoms with Gasteiger partial charge in [-0.15, -0.1) is 0 Å². The summed E-state index contributed by atoms with van der Waals surface area (Å²) in [6.45, 7) is 6.46. The first-order chi connectivity index (χ1) is 9.46. The standard InChI is InChI=1S/C15H23NO3S/c1-4-19-14-8-10-15(11-9-14)20(17,18)16-12(2)6-5-7-13(16)3/h8-13H,4-7H2,1-3H3/t12-,13-/m0/s1. The lowest BCUT2D eigenvalue weighted by molar-refractivity contribution is 0.204. The zero-order chi connectivity index (χ0) is 14.8. The molecule has 1 aromatic rings. The van der Waals surface area contributed by atoms with E-state index in [1.54, 1.807) is 28.6 Å². The van der Waals surface area contributed by atoms with Gasteiger partial charge in [-0.05, 0) is 57.9 Å². The minimum absolute atomic E-state index is 0.0651. The monoisotopic (exact) mass is 297 g/mol. The van der Waals surface area contributed by atoms with Crippen molar-refractivity contribution in [2.75, 3.05) is 6.61 Å². The normalized spacial score (nSPS) is 24.6. The molecule has 0 spiro atoms. The molecule has 1 aliphatic rings. The minimum Gasteiger partial charge on any atom is -0.494 e. The Morgan fingerprint density at radius 2 is 1.70 bits per heavy atom. The van der Waals surface area contributed by atoms with Crippen LogP contribution in [0.3, 0.4) is 0 Å². The van der Waals surface area contributed by atoms with Crippen LogP contribution in [0.5, 0.6) is 5.75 Å². The van der Waals surface area contributed by atoms with Gasteiger partial charge in [0.25, 0.3) is 0 Å². The highest BCUT2D eigenvalue weighted by Crippen LogP contribution is 2.30. The fraction of sp³-hybridized carbons (Fsp3) is 0.600. The van der Waals surface area contributed by atoms with Crippen LogP contribution in [0.4, 0.5) is 0 Å². The highest BCUT2D eigenvalue weighted by Gasteiger charge is 2.35. The Hall–Kier alpha value is -1.07. The van der Waals surface area contributed by atoms with Crippen molar-refractivity contribution in [3.05, 3.63) is 24.3 Å². The van der Waals surface area contributed by atoms with Crippen molar-refractivity contribution in [3.63, 3.8) is 0 Å². The molecule has 112 valence electrons.